The number of fused-ring (bicyclic) bond motifs is 1. The first kappa shape index (κ1) is 37.3. The van der Waals surface area contributed by atoms with E-state index in [1.807, 2.05) is 78.9 Å². The molecule has 5 atom stereocenters. The highest BCUT2D eigenvalue weighted by Gasteiger charge is 2.35. The van der Waals surface area contributed by atoms with Gasteiger partial charge in [-0.1, -0.05) is 66.7 Å². The molecular formula is C39H51N3O8. The van der Waals surface area contributed by atoms with Crippen LogP contribution in [0.15, 0.2) is 78.9 Å². The Hall–Kier alpha value is -4.00. The highest BCUT2D eigenvalue weighted by Crippen LogP contribution is 2.32. The summed E-state index contributed by atoms with van der Waals surface area (Å²) in [5, 5.41) is 41.3. The molecule has 2 aliphatic rings. The van der Waals surface area contributed by atoms with E-state index in [1.165, 1.54) is 0 Å². The quantitative estimate of drug-likeness (QED) is 0.145. The molecule has 2 amide bonds. The number of aliphatic hydroxyl groups excluding tert-OH is 2. The van der Waals surface area contributed by atoms with Gasteiger partial charge in [0.25, 0.3) is 0 Å². The number of quaternary nitrogens is 1. The Labute approximate surface area is 294 Å². The first-order valence-corrected chi connectivity index (χ1v) is 17.5. The SMILES string of the molecule is CC(C)(C)OC(=O)N[C@@H](Cc1ccccc1)[C@@H](O)C[C@@H](Cc1ccc(OCC[N+]2([O-])CCOCC2)cc1)C(=O)N[C@H]1c2ccccc2C[C@H]1O. The normalized spacial score (nSPS) is 20.2. The van der Waals surface area contributed by atoms with Crippen LogP contribution < -0.4 is 15.4 Å². The molecule has 270 valence electrons. The molecule has 50 heavy (non-hydrogen) atoms. The zero-order valence-electron chi connectivity index (χ0n) is 29.3. The Bertz CT molecular complexity index is 1540. The van der Waals surface area contributed by atoms with Crippen LogP contribution in [0.2, 0.25) is 0 Å². The number of morpholine rings is 1. The second-order valence-electron chi connectivity index (χ2n) is 14.4. The third kappa shape index (κ3) is 10.7. The molecule has 0 aromatic heterocycles. The van der Waals surface area contributed by atoms with E-state index in [0.717, 1.165) is 22.3 Å². The van der Waals surface area contributed by atoms with Gasteiger partial charge in [0.05, 0.1) is 37.5 Å². The number of hydroxylamine groups is 3. The van der Waals surface area contributed by atoms with Crippen LogP contribution in [0.25, 0.3) is 0 Å². The lowest BCUT2D eigenvalue weighted by Crippen LogP contribution is -2.52. The van der Waals surface area contributed by atoms with Gasteiger partial charge in [-0.05, 0) is 74.4 Å². The number of nitrogens with one attached hydrogen (secondary N) is 2. The van der Waals surface area contributed by atoms with Crippen molar-refractivity contribution in [2.24, 2.45) is 5.92 Å². The van der Waals surface area contributed by atoms with Crippen molar-refractivity contribution < 1.29 is 38.7 Å². The predicted octanol–water partition coefficient (Wildman–Crippen LogP) is 4.23. The van der Waals surface area contributed by atoms with Crippen molar-refractivity contribution >= 4 is 12.0 Å². The average molecular weight is 690 g/mol. The number of carbonyl (C=O) groups is 2. The van der Waals surface area contributed by atoms with Crippen molar-refractivity contribution in [2.75, 3.05) is 39.5 Å². The largest absolute Gasteiger partial charge is 0.633 e. The third-order valence-corrected chi connectivity index (χ3v) is 9.32. The van der Waals surface area contributed by atoms with Gasteiger partial charge < -0.3 is 44.9 Å². The Morgan fingerprint density at radius 2 is 1.62 bits per heavy atom. The molecular weight excluding hydrogens is 638 g/mol. The highest BCUT2D eigenvalue weighted by atomic mass is 16.6. The number of rotatable bonds is 14. The van der Waals surface area contributed by atoms with Crippen molar-refractivity contribution in [3.05, 3.63) is 106 Å². The Kier molecular flexibility index (Phi) is 12.5. The lowest BCUT2D eigenvalue weighted by Gasteiger charge is -2.44. The lowest BCUT2D eigenvalue weighted by molar-refractivity contribution is -0.888. The van der Waals surface area contributed by atoms with Crippen LogP contribution in [0.5, 0.6) is 5.75 Å². The van der Waals surface area contributed by atoms with Gasteiger partial charge in [0, 0.05) is 12.3 Å². The van der Waals surface area contributed by atoms with Gasteiger partial charge in [0.1, 0.15) is 37.6 Å². The number of nitrogens with zero attached hydrogens (tertiary/aromatic N) is 1. The number of hydrogen-bond acceptors (Lipinski definition) is 8. The number of alkyl carbamates (subject to hydrolysis) is 1. The number of hydrogen-bond donors (Lipinski definition) is 4. The fourth-order valence-electron chi connectivity index (χ4n) is 6.60. The van der Waals surface area contributed by atoms with Crippen LogP contribution in [0.4, 0.5) is 4.79 Å². The summed E-state index contributed by atoms with van der Waals surface area (Å²) in [4.78, 5) is 26.9. The number of ether oxygens (including phenoxy) is 3. The molecule has 4 N–H and O–H groups in total. The Balaban J connectivity index is 1.31. The minimum atomic E-state index is -1.11. The first-order valence-electron chi connectivity index (χ1n) is 17.5. The van der Waals surface area contributed by atoms with Crippen LogP contribution in [0.3, 0.4) is 0 Å². The molecule has 11 heteroatoms. The Morgan fingerprint density at radius 3 is 2.32 bits per heavy atom. The van der Waals surface area contributed by atoms with Crippen molar-refractivity contribution in [1.82, 2.24) is 10.6 Å². The molecule has 1 aliphatic heterocycles. The summed E-state index contributed by atoms with van der Waals surface area (Å²) < 4.78 is 16.4. The lowest BCUT2D eigenvalue weighted by atomic mass is 9.88. The van der Waals surface area contributed by atoms with Crippen LogP contribution in [-0.4, -0.2) is 90.2 Å². The monoisotopic (exact) mass is 689 g/mol. The third-order valence-electron chi connectivity index (χ3n) is 9.32. The Morgan fingerprint density at radius 1 is 0.960 bits per heavy atom. The maximum atomic E-state index is 14.1. The summed E-state index contributed by atoms with van der Waals surface area (Å²) in [5.41, 5.74) is 2.89. The van der Waals surface area contributed by atoms with E-state index in [-0.39, 0.29) is 23.6 Å². The molecule has 11 nitrogen and oxygen atoms in total. The second-order valence-corrected chi connectivity index (χ2v) is 14.4. The summed E-state index contributed by atoms with van der Waals surface area (Å²) in [6, 6.07) is 23.2. The summed E-state index contributed by atoms with van der Waals surface area (Å²) >= 11 is 0. The van der Waals surface area contributed by atoms with Gasteiger partial charge in [-0.25, -0.2) is 4.79 Å². The number of benzene rings is 3. The van der Waals surface area contributed by atoms with Gasteiger partial charge in [-0.15, -0.1) is 0 Å². The van der Waals surface area contributed by atoms with Gasteiger partial charge in [0.2, 0.25) is 5.91 Å². The van der Waals surface area contributed by atoms with Crippen molar-refractivity contribution in [1.29, 1.82) is 0 Å². The summed E-state index contributed by atoms with van der Waals surface area (Å²) in [6.07, 6.45) is -1.44. The van der Waals surface area contributed by atoms with Crippen LogP contribution in [0, 0.1) is 11.1 Å². The smallest absolute Gasteiger partial charge is 0.407 e. The van der Waals surface area contributed by atoms with Crippen LogP contribution in [0.1, 0.15) is 55.5 Å². The number of aliphatic hydroxyl groups is 2. The van der Waals surface area contributed by atoms with E-state index < -0.39 is 41.9 Å². The second kappa shape index (κ2) is 16.8. The predicted molar refractivity (Wildman–Crippen MR) is 189 cm³/mol. The van der Waals surface area contributed by atoms with E-state index in [2.05, 4.69) is 10.6 Å². The van der Waals surface area contributed by atoms with E-state index in [1.54, 1.807) is 20.8 Å². The van der Waals surface area contributed by atoms with Crippen LogP contribution in [-0.2, 0) is 33.5 Å². The number of amides is 2. The first-order chi connectivity index (χ1) is 23.9. The molecule has 3 aromatic carbocycles. The van der Waals surface area contributed by atoms with Gasteiger partial charge >= 0.3 is 6.09 Å². The molecule has 1 aliphatic carbocycles. The zero-order chi connectivity index (χ0) is 35.7. The summed E-state index contributed by atoms with van der Waals surface area (Å²) in [6.45, 7) is 7.67. The minimum Gasteiger partial charge on any atom is -0.633 e. The van der Waals surface area contributed by atoms with Gasteiger partial charge in [-0.3, -0.25) is 4.79 Å². The van der Waals surface area contributed by atoms with Gasteiger partial charge in [-0.2, -0.15) is 0 Å². The van der Waals surface area contributed by atoms with Crippen molar-refractivity contribution in [3.8, 4) is 5.75 Å². The zero-order valence-corrected chi connectivity index (χ0v) is 29.3. The summed E-state index contributed by atoms with van der Waals surface area (Å²) in [7, 11) is 0. The molecule has 5 rings (SSSR count). The summed E-state index contributed by atoms with van der Waals surface area (Å²) in [5.74, 6) is -0.401. The molecule has 0 radical (unpaired) electrons. The molecule has 1 fully saturated rings. The molecule has 0 spiro atoms. The van der Waals surface area contributed by atoms with E-state index in [0.29, 0.717) is 57.9 Å². The van der Waals surface area contributed by atoms with Gasteiger partial charge in [0.15, 0.2) is 0 Å². The molecule has 1 saturated heterocycles. The van der Waals surface area contributed by atoms with E-state index >= 15 is 0 Å². The maximum absolute atomic E-state index is 14.1. The minimum absolute atomic E-state index is 0.0368. The standard InChI is InChI=1S/C39H51N3O8/c1-39(2,3)50-38(46)40-33(24-27-9-5-4-6-10-27)34(43)26-30(37(45)41-36-32-12-8-7-11-29(32)25-35(36)44)23-28-13-15-31(16-14-28)49-22-19-42(47)17-20-48-21-18-42/h4-16,30,33-36,43-44H,17-26H2,1-3H3,(H,40,46)(H,41,45)/t30-,33+,34+,35-,36+/m1/s1. The fourth-order valence-corrected chi connectivity index (χ4v) is 6.60. The van der Waals surface area contributed by atoms with Crippen molar-refractivity contribution in [3.63, 3.8) is 0 Å². The molecule has 0 bridgehead atoms. The maximum Gasteiger partial charge on any atom is 0.407 e. The van der Waals surface area contributed by atoms with E-state index in [4.69, 9.17) is 14.2 Å². The van der Waals surface area contributed by atoms with Crippen LogP contribution >= 0.6 is 0 Å². The number of carbonyl (C=O) groups excluding carboxylic acids is 2. The fraction of sp³-hybridized carbons (Fsp3) is 0.487. The molecule has 3 aromatic rings. The van der Waals surface area contributed by atoms with E-state index in [9.17, 15) is 25.0 Å². The molecule has 1 heterocycles. The molecule has 0 unspecified atom stereocenters. The topological polar surface area (TPSA) is 149 Å². The van der Waals surface area contributed by atoms with Crippen molar-refractivity contribution in [2.45, 2.75) is 76.3 Å². The highest BCUT2D eigenvalue weighted by molar-refractivity contribution is 5.80. The molecule has 0 saturated carbocycles. The average Bonchev–Trinajstić information content (AvgIpc) is 3.39.